The molecule has 1 N–H and O–H groups in total. The maximum absolute atomic E-state index is 12.5. The van der Waals surface area contributed by atoms with Gasteiger partial charge in [0.2, 0.25) is 0 Å². The van der Waals surface area contributed by atoms with Gasteiger partial charge in [0.25, 0.3) is 0 Å². The second kappa shape index (κ2) is 12.3. The van der Waals surface area contributed by atoms with Crippen molar-refractivity contribution in [1.82, 2.24) is 5.32 Å². The molecular formula is C19H30FN. The first-order valence-electron chi connectivity index (χ1n) is 8.10. The van der Waals surface area contributed by atoms with E-state index < -0.39 is 0 Å². The van der Waals surface area contributed by atoms with Gasteiger partial charge in [0, 0.05) is 6.04 Å². The van der Waals surface area contributed by atoms with Crippen molar-refractivity contribution >= 4 is 0 Å². The lowest BCUT2D eigenvalue weighted by molar-refractivity contribution is 0.385. The van der Waals surface area contributed by atoms with E-state index in [4.69, 9.17) is 6.42 Å². The molecule has 0 aromatic heterocycles. The van der Waals surface area contributed by atoms with Gasteiger partial charge in [-0.1, -0.05) is 71.4 Å². The van der Waals surface area contributed by atoms with Crippen molar-refractivity contribution < 1.29 is 4.39 Å². The van der Waals surface area contributed by atoms with Crippen LogP contribution in [-0.2, 0) is 0 Å². The van der Waals surface area contributed by atoms with Crippen LogP contribution in [0.4, 0.5) is 4.39 Å². The van der Waals surface area contributed by atoms with E-state index in [-0.39, 0.29) is 11.9 Å². The molecule has 1 aromatic carbocycles. The molecule has 1 saturated carbocycles. The molecule has 1 nitrogen and oxygen atoms in total. The Labute approximate surface area is 130 Å². The average molecular weight is 291 g/mol. The number of halogens is 1. The van der Waals surface area contributed by atoms with Gasteiger partial charge in [-0.25, -0.2) is 4.39 Å². The molecule has 0 unspecified atom stereocenters. The number of hydrogen-bond acceptors (Lipinski definition) is 1. The lowest BCUT2D eigenvalue weighted by Crippen LogP contribution is -2.11. The van der Waals surface area contributed by atoms with Gasteiger partial charge >= 0.3 is 0 Å². The first-order chi connectivity index (χ1) is 10.1. The summed E-state index contributed by atoms with van der Waals surface area (Å²) in [6.07, 6.45) is 12.5. The van der Waals surface area contributed by atoms with E-state index >= 15 is 0 Å². The highest BCUT2D eigenvalue weighted by Crippen LogP contribution is 2.22. The van der Waals surface area contributed by atoms with E-state index in [0.717, 1.165) is 11.5 Å². The van der Waals surface area contributed by atoms with Crippen molar-refractivity contribution in [3.8, 4) is 12.5 Å². The van der Waals surface area contributed by atoms with Crippen LogP contribution in [0, 0.1) is 24.2 Å². The number of terminal acetylenes is 1. The molecule has 1 fully saturated rings. The Morgan fingerprint density at radius 1 is 1.14 bits per heavy atom. The molecule has 1 aromatic rings. The first kappa shape index (κ1) is 19.5. The summed E-state index contributed by atoms with van der Waals surface area (Å²) in [5, 5.41) is 2.79. The summed E-state index contributed by atoms with van der Waals surface area (Å²) in [5.74, 6) is 0.806. The van der Waals surface area contributed by atoms with Gasteiger partial charge < -0.3 is 5.32 Å². The maximum atomic E-state index is 12.5. The van der Waals surface area contributed by atoms with Crippen molar-refractivity contribution in [2.75, 3.05) is 0 Å². The minimum atomic E-state index is -0.230. The van der Waals surface area contributed by atoms with Crippen LogP contribution < -0.4 is 5.32 Å². The van der Waals surface area contributed by atoms with Gasteiger partial charge in [0.05, 0.1) is 6.04 Å². The van der Waals surface area contributed by atoms with Crippen molar-refractivity contribution in [3.63, 3.8) is 0 Å². The van der Waals surface area contributed by atoms with E-state index in [1.807, 2.05) is 20.8 Å². The van der Waals surface area contributed by atoms with E-state index in [1.54, 1.807) is 12.1 Å². The third-order valence-electron chi connectivity index (χ3n) is 3.56. The standard InChI is InChI=1S/C10H10FN.C7H14.C2H6/c1-3-12-8(2)9-4-6-10(11)7-5-9;1-7-5-3-2-4-6-7;1-2/h1,4-8,12H,2H3;7H,2-6H2,1H3;1-2H3/t8-;;/m1../s1. The summed E-state index contributed by atoms with van der Waals surface area (Å²) in [5.41, 5.74) is 0.981. The summed E-state index contributed by atoms with van der Waals surface area (Å²) in [7, 11) is 0. The van der Waals surface area contributed by atoms with Crippen LogP contribution in [0.25, 0.3) is 0 Å². The molecule has 118 valence electrons. The predicted molar refractivity (Wildman–Crippen MR) is 90.4 cm³/mol. The van der Waals surface area contributed by atoms with Crippen LogP contribution >= 0.6 is 0 Å². The molecule has 1 aliphatic rings. The van der Waals surface area contributed by atoms with Crippen molar-refractivity contribution in [2.45, 2.75) is 65.8 Å². The normalized spacial score (nSPS) is 15.4. The minimum absolute atomic E-state index is 0.0654. The summed E-state index contributed by atoms with van der Waals surface area (Å²) < 4.78 is 12.5. The molecule has 0 aliphatic heterocycles. The monoisotopic (exact) mass is 291 g/mol. The smallest absolute Gasteiger partial charge is 0.123 e. The fraction of sp³-hybridized carbons (Fsp3) is 0.579. The van der Waals surface area contributed by atoms with E-state index in [2.05, 4.69) is 18.3 Å². The highest BCUT2D eigenvalue weighted by Gasteiger charge is 2.06. The van der Waals surface area contributed by atoms with Gasteiger partial charge in [-0.2, -0.15) is 0 Å². The van der Waals surface area contributed by atoms with Gasteiger partial charge in [0.15, 0.2) is 0 Å². The van der Waals surface area contributed by atoms with Crippen LogP contribution in [0.15, 0.2) is 24.3 Å². The van der Waals surface area contributed by atoms with Crippen LogP contribution in [0.5, 0.6) is 0 Å². The lowest BCUT2D eigenvalue weighted by atomic mass is 9.91. The first-order valence-corrected chi connectivity index (χ1v) is 8.10. The quantitative estimate of drug-likeness (QED) is 0.546. The minimum Gasteiger partial charge on any atom is -0.339 e. The van der Waals surface area contributed by atoms with E-state index in [0.29, 0.717) is 0 Å². The number of nitrogens with one attached hydrogen (secondary N) is 1. The molecule has 0 amide bonds. The Morgan fingerprint density at radius 2 is 1.67 bits per heavy atom. The zero-order valence-corrected chi connectivity index (χ0v) is 14.0. The van der Waals surface area contributed by atoms with Crippen LogP contribution in [0.3, 0.4) is 0 Å². The average Bonchev–Trinajstić information content (AvgIpc) is 2.51. The number of hydrogen-bond donors (Lipinski definition) is 1. The SMILES string of the molecule is C#CN[C@H](C)c1ccc(F)cc1.CC.CC1CCCCC1. The Hall–Kier alpha value is -1.49. The second-order valence-electron chi connectivity index (χ2n) is 5.31. The Balaban J connectivity index is 0.000000377. The van der Waals surface area contributed by atoms with E-state index in [1.165, 1.54) is 44.2 Å². The van der Waals surface area contributed by atoms with Gasteiger partial charge in [-0.05, 0) is 30.5 Å². The topological polar surface area (TPSA) is 12.0 Å². The lowest BCUT2D eigenvalue weighted by Gasteiger charge is -2.15. The Kier molecular flexibility index (Phi) is 11.4. The van der Waals surface area contributed by atoms with Crippen LogP contribution in [0.1, 0.15) is 71.4 Å². The zero-order valence-electron chi connectivity index (χ0n) is 14.0. The molecule has 1 aliphatic carbocycles. The summed E-state index contributed by atoms with van der Waals surface area (Å²) in [4.78, 5) is 0. The van der Waals surface area contributed by atoms with Gasteiger partial charge in [0.1, 0.15) is 5.82 Å². The van der Waals surface area contributed by atoms with Crippen LogP contribution in [0.2, 0.25) is 0 Å². The summed E-state index contributed by atoms with van der Waals surface area (Å²) in [6.45, 7) is 8.28. The molecule has 0 saturated heterocycles. The largest absolute Gasteiger partial charge is 0.339 e. The second-order valence-corrected chi connectivity index (χ2v) is 5.31. The van der Waals surface area contributed by atoms with Crippen LogP contribution in [-0.4, -0.2) is 0 Å². The molecular weight excluding hydrogens is 261 g/mol. The predicted octanol–water partition coefficient (Wildman–Crippen LogP) is 5.68. The number of rotatable bonds is 2. The zero-order chi connectivity index (χ0) is 16.1. The Morgan fingerprint density at radius 3 is 2.05 bits per heavy atom. The van der Waals surface area contributed by atoms with E-state index in [9.17, 15) is 4.39 Å². The maximum Gasteiger partial charge on any atom is 0.123 e. The molecule has 1 atom stereocenters. The third kappa shape index (κ3) is 9.13. The van der Waals surface area contributed by atoms with Crippen molar-refractivity contribution in [3.05, 3.63) is 35.6 Å². The number of benzene rings is 1. The molecule has 0 bridgehead atoms. The summed E-state index contributed by atoms with van der Waals surface area (Å²) in [6, 6.07) is 8.67. The molecule has 0 heterocycles. The molecule has 0 spiro atoms. The molecule has 2 rings (SSSR count). The molecule has 2 heteroatoms. The fourth-order valence-corrected chi connectivity index (χ4v) is 2.27. The Bertz CT molecular complexity index is 385. The van der Waals surface area contributed by atoms with Gasteiger partial charge in [-0.15, -0.1) is 0 Å². The highest BCUT2D eigenvalue weighted by atomic mass is 19.1. The summed E-state index contributed by atoms with van der Waals surface area (Å²) >= 11 is 0. The third-order valence-corrected chi connectivity index (χ3v) is 3.56. The molecule has 21 heavy (non-hydrogen) atoms. The molecule has 0 radical (unpaired) electrons. The van der Waals surface area contributed by atoms with Gasteiger partial charge in [-0.3, -0.25) is 0 Å². The van der Waals surface area contributed by atoms with Crippen molar-refractivity contribution in [2.24, 2.45) is 5.92 Å². The van der Waals surface area contributed by atoms with Crippen molar-refractivity contribution in [1.29, 1.82) is 0 Å². The highest BCUT2D eigenvalue weighted by molar-refractivity contribution is 5.20. The fourth-order valence-electron chi connectivity index (χ4n) is 2.27.